The number of hydrogen-bond acceptors (Lipinski definition) is 4. The van der Waals surface area contributed by atoms with E-state index in [-0.39, 0.29) is 12.6 Å². The van der Waals surface area contributed by atoms with E-state index in [0.717, 1.165) is 38.9 Å². The molecule has 2 aliphatic rings. The number of amides is 1. The van der Waals surface area contributed by atoms with Gasteiger partial charge >= 0.3 is 0 Å². The smallest absolute Gasteiger partial charge is 0.217 e. The van der Waals surface area contributed by atoms with E-state index in [9.17, 15) is 4.79 Å². The fourth-order valence-electron chi connectivity index (χ4n) is 3.02. The minimum Gasteiger partial charge on any atom is -0.381 e. The molecule has 0 aliphatic carbocycles. The molecule has 98 valence electrons. The van der Waals surface area contributed by atoms with Crippen molar-refractivity contribution in [1.29, 1.82) is 0 Å². The molecule has 0 saturated carbocycles. The van der Waals surface area contributed by atoms with Gasteiger partial charge in [-0.1, -0.05) is 0 Å². The van der Waals surface area contributed by atoms with Gasteiger partial charge in [0, 0.05) is 38.6 Å². The summed E-state index contributed by atoms with van der Waals surface area (Å²) >= 11 is 0. The van der Waals surface area contributed by atoms with Crippen molar-refractivity contribution in [3.8, 4) is 0 Å². The Labute approximate surface area is 103 Å². The van der Waals surface area contributed by atoms with Crippen LogP contribution in [-0.2, 0) is 4.79 Å². The summed E-state index contributed by atoms with van der Waals surface area (Å²) in [7, 11) is 0. The summed E-state index contributed by atoms with van der Waals surface area (Å²) in [5, 5.41) is 15.5. The van der Waals surface area contributed by atoms with Gasteiger partial charge in [-0.3, -0.25) is 9.69 Å². The number of carbonyl (C=O) groups is 1. The average Bonchev–Trinajstić information content (AvgIpc) is 2.77. The molecule has 17 heavy (non-hydrogen) atoms. The van der Waals surface area contributed by atoms with E-state index < -0.39 is 0 Å². The third-order valence-corrected chi connectivity index (χ3v) is 3.97. The fraction of sp³-hybridized carbons (Fsp3) is 0.917. The Kier molecular flexibility index (Phi) is 4.36. The van der Waals surface area contributed by atoms with Crippen LogP contribution < -0.4 is 10.6 Å². The first-order chi connectivity index (χ1) is 8.19. The van der Waals surface area contributed by atoms with Crippen LogP contribution in [0.15, 0.2) is 0 Å². The highest BCUT2D eigenvalue weighted by Gasteiger charge is 2.32. The van der Waals surface area contributed by atoms with Crippen molar-refractivity contribution < 1.29 is 9.90 Å². The average molecular weight is 241 g/mol. The van der Waals surface area contributed by atoms with E-state index in [1.165, 1.54) is 0 Å². The maximum absolute atomic E-state index is 11.0. The molecular weight excluding hydrogens is 218 g/mol. The molecule has 0 spiro atoms. The zero-order chi connectivity index (χ0) is 12.3. The Bertz CT molecular complexity index is 264. The van der Waals surface area contributed by atoms with E-state index in [1.807, 2.05) is 0 Å². The Morgan fingerprint density at radius 2 is 2.18 bits per heavy atom. The number of carbonyl (C=O) groups excluding carboxylic acids is 1. The first-order valence-corrected chi connectivity index (χ1v) is 6.52. The highest BCUT2D eigenvalue weighted by Crippen LogP contribution is 2.25. The molecule has 5 heteroatoms. The van der Waals surface area contributed by atoms with Crippen LogP contribution in [0.4, 0.5) is 0 Å². The summed E-state index contributed by atoms with van der Waals surface area (Å²) in [6, 6.07) is 0.834. The van der Waals surface area contributed by atoms with Gasteiger partial charge in [0.2, 0.25) is 5.91 Å². The summed E-state index contributed by atoms with van der Waals surface area (Å²) in [5.74, 6) is 0.754. The van der Waals surface area contributed by atoms with Crippen LogP contribution in [0.5, 0.6) is 0 Å². The number of nitrogens with one attached hydrogen (secondary N) is 2. The summed E-state index contributed by atoms with van der Waals surface area (Å²) in [4.78, 5) is 13.1. The van der Waals surface area contributed by atoms with E-state index in [1.54, 1.807) is 6.92 Å². The van der Waals surface area contributed by atoms with Gasteiger partial charge in [0.1, 0.15) is 0 Å². The van der Waals surface area contributed by atoms with Crippen LogP contribution in [-0.4, -0.2) is 54.4 Å². The zero-order valence-corrected chi connectivity index (χ0v) is 10.5. The Morgan fingerprint density at radius 1 is 1.47 bits per heavy atom. The van der Waals surface area contributed by atoms with Crippen LogP contribution in [0, 0.1) is 5.92 Å². The lowest BCUT2D eigenvalue weighted by Crippen LogP contribution is -2.41. The standard InChI is InChI=1S/C12H23N3O2/c1-9(17)14-11-6-12(13-7-11)10-2-4-15(8-16)5-3-10/h10-13,16H,2-8H2,1H3,(H,14,17)/t11-,12+/m1/s1. The van der Waals surface area contributed by atoms with E-state index in [2.05, 4.69) is 15.5 Å². The number of rotatable bonds is 3. The van der Waals surface area contributed by atoms with Crippen molar-refractivity contribution in [2.75, 3.05) is 26.4 Å². The molecule has 0 radical (unpaired) electrons. The molecule has 0 aromatic heterocycles. The highest BCUT2D eigenvalue weighted by atomic mass is 16.3. The SMILES string of the molecule is CC(=O)N[C@H]1CN[C@H](C2CCN(CO)CC2)C1. The van der Waals surface area contributed by atoms with Crippen LogP contribution in [0.2, 0.25) is 0 Å². The Balaban J connectivity index is 1.75. The third-order valence-electron chi connectivity index (χ3n) is 3.97. The number of nitrogens with zero attached hydrogens (tertiary/aromatic N) is 1. The molecule has 2 fully saturated rings. The summed E-state index contributed by atoms with van der Waals surface area (Å²) in [6.45, 7) is 4.63. The number of aliphatic hydroxyl groups excluding tert-OH is 1. The summed E-state index contributed by atoms with van der Waals surface area (Å²) < 4.78 is 0. The van der Waals surface area contributed by atoms with Gasteiger partial charge in [-0.15, -0.1) is 0 Å². The van der Waals surface area contributed by atoms with Crippen molar-refractivity contribution in [1.82, 2.24) is 15.5 Å². The first-order valence-electron chi connectivity index (χ1n) is 6.52. The van der Waals surface area contributed by atoms with Crippen LogP contribution >= 0.6 is 0 Å². The molecule has 2 atom stereocenters. The van der Waals surface area contributed by atoms with Gasteiger partial charge < -0.3 is 15.7 Å². The lowest BCUT2D eigenvalue weighted by atomic mass is 9.88. The predicted molar refractivity (Wildman–Crippen MR) is 65.4 cm³/mol. The minimum absolute atomic E-state index is 0.0625. The fourth-order valence-corrected chi connectivity index (χ4v) is 3.02. The van der Waals surface area contributed by atoms with Crippen molar-refractivity contribution in [3.05, 3.63) is 0 Å². The second-order valence-electron chi connectivity index (χ2n) is 5.24. The van der Waals surface area contributed by atoms with Gasteiger partial charge in [0.25, 0.3) is 0 Å². The molecule has 0 aromatic rings. The molecule has 0 unspecified atom stereocenters. The van der Waals surface area contributed by atoms with Gasteiger partial charge in [-0.2, -0.15) is 0 Å². The summed E-state index contributed by atoms with van der Waals surface area (Å²) in [5.41, 5.74) is 0. The lowest BCUT2D eigenvalue weighted by Gasteiger charge is -2.33. The van der Waals surface area contributed by atoms with Crippen LogP contribution in [0.1, 0.15) is 26.2 Å². The zero-order valence-electron chi connectivity index (χ0n) is 10.5. The lowest BCUT2D eigenvalue weighted by molar-refractivity contribution is -0.119. The first kappa shape index (κ1) is 12.8. The van der Waals surface area contributed by atoms with Crippen LogP contribution in [0.25, 0.3) is 0 Å². The quantitative estimate of drug-likeness (QED) is 0.624. The largest absolute Gasteiger partial charge is 0.381 e. The molecule has 2 rings (SSSR count). The third kappa shape index (κ3) is 3.40. The number of aliphatic hydroxyl groups is 1. The number of hydrogen-bond donors (Lipinski definition) is 3. The van der Waals surface area contributed by atoms with Gasteiger partial charge in [0.05, 0.1) is 6.73 Å². The normalized spacial score (nSPS) is 31.6. The Hall–Kier alpha value is -0.650. The molecule has 2 heterocycles. The second-order valence-corrected chi connectivity index (χ2v) is 5.24. The van der Waals surface area contributed by atoms with E-state index in [0.29, 0.717) is 18.0 Å². The molecule has 3 N–H and O–H groups in total. The monoisotopic (exact) mass is 241 g/mol. The molecule has 5 nitrogen and oxygen atoms in total. The van der Waals surface area contributed by atoms with Crippen molar-refractivity contribution >= 4 is 5.91 Å². The number of likely N-dealkylation sites (tertiary alicyclic amines) is 1. The van der Waals surface area contributed by atoms with Crippen molar-refractivity contribution in [2.24, 2.45) is 5.92 Å². The molecule has 2 aliphatic heterocycles. The topological polar surface area (TPSA) is 64.6 Å². The molecule has 1 amide bonds. The van der Waals surface area contributed by atoms with E-state index in [4.69, 9.17) is 5.11 Å². The molecular formula is C12H23N3O2. The molecule has 2 saturated heterocycles. The maximum atomic E-state index is 11.0. The molecule has 0 bridgehead atoms. The van der Waals surface area contributed by atoms with Crippen molar-refractivity contribution in [2.45, 2.75) is 38.3 Å². The Morgan fingerprint density at radius 3 is 2.76 bits per heavy atom. The molecule has 0 aromatic carbocycles. The highest BCUT2D eigenvalue weighted by molar-refractivity contribution is 5.73. The predicted octanol–water partition coefficient (Wildman–Crippen LogP) is -0.485. The van der Waals surface area contributed by atoms with Gasteiger partial charge in [-0.05, 0) is 25.2 Å². The van der Waals surface area contributed by atoms with Gasteiger partial charge in [-0.25, -0.2) is 0 Å². The summed E-state index contributed by atoms with van der Waals surface area (Å²) in [6.07, 6.45) is 3.33. The minimum atomic E-state index is 0.0625. The van der Waals surface area contributed by atoms with E-state index >= 15 is 0 Å². The second kappa shape index (κ2) is 5.80. The number of piperidine rings is 1. The van der Waals surface area contributed by atoms with Crippen LogP contribution in [0.3, 0.4) is 0 Å². The maximum Gasteiger partial charge on any atom is 0.217 e. The van der Waals surface area contributed by atoms with Crippen molar-refractivity contribution in [3.63, 3.8) is 0 Å². The van der Waals surface area contributed by atoms with Gasteiger partial charge in [0.15, 0.2) is 0 Å².